The van der Waals surface area contributed by atoms with E-state index >= 15 is 0 Å². The van der Waals surface area contributed by atoms with Crippen LogP contribution >= 0.6 is 0 Å². The number of morpholine rings is 1. The average molecular weight is 197 g/mol. The third-order valence-corrected chi connectivity index (χ3v) is 2.24. The van der Waals surface area contributed by atoms with Gasteiger partial charge in [-0.15, -0.1) is 0 Å². The number of aromatic amines is 1. The summed E-state index contributed by atoms with van der Waals surface area (Å²) in [6.45, 7) is 2.67. The minimum absolute atomic E-state index is 0.0619. The lowest BCUT2D eigenvalue weighted by molar-refractivity contribution is -0.388. The standard InChI is InChI=1S/C8H11N3O3/c12-11(13)8-7(1-2-9-8)10-3-5-14-6-4-10/h1-2,9H,3-6H2. The normalized spacial score (nSPS) is 17.0. The van der Waals surface area contributed by atoms with E-state index in [-0.39, 0.29) is 5.82 Å². The molecule has 14 heavy (non-hydrogen) atoms. The summed E-state index contributed by atoms with van der Waals surface area (Å²) in [6.07, 6.45) is 1.59. The summed E-state index contributed by atoms with van der Waals surface area (Å²) >= 11 is 0. The van der Waals surface area contributed by atoms with Gasteiger partial charge in [-0.2, -0.15) is 0 Å². The van der Waals surface area contributed by atoms with Crippen LogP contribution in [0, 0.1) is 10.1 Å². The summed E-state index contributed by atoms with van der Waals surface area (Å²) in [6, 6.07) is 1.73. The van der Waals surface area contributed by atoms with Crippen LogP contribution in [0.25, 0.3) is 0 Å². The molecule has 0 aliphatic carbocycles. The molecule has 0 saturated carbocycles. The fourth-order valence-electron chi connectivity index (χ4n) is 1.56. The monoisotopic (exact) mass is 197 g/mol. The van der Waals surface area contributed by atoms with Gasteiger partial charge >= 0.3 is 5.82 Å². The second-order valence-electron chi connectivity index (χ2n) is 3.07. The van der Waals surface area contributed by atoms with Crippen molar-refractivity contribution in [3.63, 3.8) is 0 Å². The minimum atomic E-state index is -0.398. The number of aromatic nitrogens is 1. The molecule has 0 radical (unpaired) electrons. The van der Waals surface area contributed by atoms with Crippen LogP contribution in [0.4, 0.5) is 11.5 Å². The predicted octanol–water partition coefficient (Wildman–Crippen LogP) is 0.759. The molecule has 1 fully saturated rings. The number of anilines is 1. The number of rotatable bonds is 2. The topological polar surface area (TPSA) is 71.4 Å². The summed E-state index contributed by atoms with van der Waals surface area (Å²) in [4.78, 5) is 14.8. The Morgan fingerprint density at radius 2 is 2.21 bits per heavy atom. The molecule has 0 unspecified atom stereocenters. The van der Waals surface area contributed by atoms with Crippen molar-refractivity contribution in [2.45, 2.75) is 0 Å². The van der Waals surface area contributed by atoms with Gasteiger partial charge < -0.3 is 19.8 Å². The second-order valence-corrected chi connectivity index (χ2v) is 3.07. The molecule has 2 heterocycles. The van der Waals surface area contributed by atoms with Crippen molar-refractivity contribution in [1.29, 1.82) is 0 Å². The van der Waals surface area contributed by atoms with E-state index in [0.717, 1.165) is 0 Å². The maximum absolute atomic E-state index is 10.6. The number of hydrogen-bond donors (Lipinski definition) is 1. The number of ether oxygens (including phenoxy) is 1. The van der Waals surface area contributed by atoms with Gasteiger partial charge in [-0.3, -0.25) is 0 Å². The first-order valence-electron chi connectivity index (χ1n) is 4.43. The maximum atomic E-state index is 10.6. The van der Waals surface area contributed by atoms with E-state index in [9.17, 15) is 10.1 Å². The highest BCUT2D eigenvalue weighted by Gasteiger charge is 2.21. The lowest BCUT2D eigenvalue weighted by atomic mass is 10.3. The van der Waals surface area contributed by atoms with E-state index in [0.29, 0.717) is 32.0 Å². The second kappa shape index (κ2) is 3.67. The van der Waals surface area contributed by atoms with E-state index in [4.69, 9.17) is 4.74 Å². The van der Waals surface area contributed by atoms with Crippen LogP contribution in [-0.2, 0) is 4.74 Å². The van der Waals surface area contributed by atoms with Gasteiger partial charge in [0.15, 0.2) is 0 Å². The molecule has 0 amide bonds. The fraction of sp³-hybridized carbons (Fsp3) is 0.500. The molecule has 1 saturated heterocycles. The van der Waals surface area contributed by atoms with Gasteiger partial charge in [0.25, 0.3) is 0 Å². The van der Waals surface area contributed by atoms with Gasteiger partial charge in [0.2, 0.25) is 0 Å². The van der Waals surface area contributed by atoms with Gasteiger partial charge in [-0.1, -0.05) is 0 Å². The molecule has 76 valence electrons. The molecule has 0 spiro atoms. The van der Waals surface area contributed by atoms with E-state index in [1.807, 2.05) is 4.90 Å². The van der Waals surface area contributed by atoms with Crippen molar-refractivity contribution in [2.75, 3.05) is 31.2 Å². The molecule has 1 aliphatic rings. The Morgan fingerprint density at radius 3 is 2.86 bits per heavy atom. The molecular weight excluding hydrogens is 186 g/mol. The van der Waals surface area contributed by atoms with Crippen molar-refractivity contribution in [3.05, 3.63) is 22.4 Å². The van der Waals surface area contributed by atoms with Crippen LogP contribution in [0.2, 0.25) is 0 Å². The number of nitrogens with zero attached hydrogens (tertiary/aromatic N) is 2. The third kappa shape index (κ3) is 1.56. The largest absolute Gasteiger partial charge is 0.378 e. The molecule has 0 atom stereocenters. The highest BCUT2D eigenvalue weighted by atomic mass is 16.6. The molecular formula is C8H11N3O3. The summed E-state index contributed by atoms with van der Waals surface area (Å²) in [5.74, 6) is 0.0619. The van der Waals surface area contributed by atoms with Crippen LogP contribution in [0.15, 0.2) is 12.3 Å². The van der Waals surface area contributed by atoms with Crippen LogP contribution in [0.3, 0.4) is 0 Å². The number of nitrogens with one attached hydrogen (secondary N) is 1. The Labute approximate surface area is 80.6 Å². The lowest BCUT2D eigenvalue weighted by Crippen LogP contribution is -2.36. The van der Waals surface area contributed by atoms with E-state index in [1.54, 1.807) is 12.3 Å². The van der Waals surface area contributed by atoms with Crippen LogP contribution < -0.4 is 4.90 Å². The summed E-state index contributed by atoms with van der Waals surface area (Å²) < 4.78 is 5.18. The Kier molecular flexibility index (Phi) is 2.36. The van der Waals surface area contributed by atoms with Gasteiger partial charge in [0.1, 0.15) is 5.69 Å². The number of hydrogen-bond acceptors (Lipinski definition) is 4. The number of H-pyrrole nitrogens is 1. The Hall–Kier alpha value is -1.56. The molecule has 1 N–H and O–H groups in total. The molecule has 1 aromatic heterocycles. The summed E-state index contributed by atoms with van der Waals surface area (Å²) in [7, 11) is 0. The molecule has 1 aromatic rings. The van der Waals surface area contributed by atoms with Gasteiger partial charge in [0, 0.05) is 19.2 Å². The van der Waals surface area contributed by atoms with Crippen LogP contribution in [0.5, 0.6) is 0 Å². The van der Waals surface area contributed by atoms with Gasteiger partial charge in [0.05, 0.1) is 19.4 Å². The summed E-state index contributed by atoms with van der Waals surface area (Å²) in [5.41, 5.74) is 0.651. The SMILES string of the molecule is O=[N+]([O-])c1[nH]ccc1N1CCOCC1. The first-order valence-corrected chi connectivity index (χ1v) is 4.43. The van der Waals surface area contributed by atoms with E-state index in [2.05, 4.69) is 4.98 Å². The Bertz CT molecular complexity index is 330. The third-order valence-electron chi connectivity index (χ3n) is 2.24. The molecule has 6 nitrogen and oxygen atoms in total. The first kappa shape index (κ1) is 9.01. The molecule has 0 aromatic carbocycles. The highest BCUT2D eigenvalue weighted by Crippen LogP contribution is 2.26. The number of nitro groups is 1. The van der Waals surface area contributed by atoms with Crippen molar-refractivity contribution in [3.8, 4) is 0 Å². The quantitative estimate of drug-likeness (QED) is 0.561. The minimum Gasteiger partial charge on any atom is -0.378 e. The van der Waals surface area contributed by atoms with Crippen molar-refractivity contribution in [2.24, 2.45) is 0 Å². The smallest absolute Gasteiger partial charge is 0.344 e. The van der Waals surface area contributed by atoms with Gasteiger partial charge in [-0.05, 0) is 4.92 Å². The van der Waals surface area contributed by atoms with Crippen LogP contribution in [0.1, 0.15) is 0 Å². The first-order chi connectivity index (χ1) is 6.79. The van der Waals surface area contributed by atoms with Crippen LogP contribution in [-0.4, -0.2) is 36.2 Å². The van der Waals surface area contributed by atoms with Gasteiger partial charge in [-0.25, -0.2) is 4.98 Å². The lowest BCUT2D eigenvalue weighted by Gasteiger charge is -2.27. The zero-order valence-electron chi connectivity index (χ0n) is 7.60. The maximum Gasteiger partial charge on any atom is 0.344 e. The molecule has 6 heteroatoms. The Balaban J connectivity index is 2.21. The van der Waals surface area contributed by atoms with Crippen molar-refractivity contribution in [1.82, 2.24) is 4.98 Å². The molecule has 0 bridgehead atoms. The van der Waals surface area contributed by atoms with E-state index in [1.165, 1.54) is 0 Å². The zero-order chi connectivity index (χ0) is 9.97. The van der Waals surface area contributed by atoms with E-state index < -0.39 is 4.92 Å². The predicted molar refractivity (Wildman–Crippen MR) is 50.5 cm³/mol. The van der Waals surface area contributed by atoms with Crippen molar-refractivity contribution < 1.29 is 9.66 Å². The van der Waals surface area contributed by atoms with Crippen molar-refractivity contribution >= 4 is 11.5 Å². The Morgan fingerprint density at radius 1 is 1.50 bits per heavy atom. The fourth-order valence-corrected chi connectivity index (χ4v) is 1.56. The zero-order valence-corrected chi connectivity index (χ0v) is 7.60. The average Bonchev–Trinajstić information content (AvgIpc) is 2.67. The molecule has 2 rings (SSSR count). The summed E-state index contributed by atoms with van der Waals surface area (Å²) in [5, 5.41) is 10.6. The highest BCUT2D eigenvalue weighted by molar-refractivity contribution is 5.60. The molecule has 1 aliphatic heterocycles.